The molecule has 0 fully saturated rings. The molecule has 2 aromatic rings. The number of hydrogen-bond acceptors (Lipinski definition) is 3. The Kier molecular flexibility index (Phi) is 4.79. The highest BCUT2D eigenvalue weighted by atomic mass is 16.5. The van der Waals surface area contributed by atoms with Crippen LogP contribution >= 0.6 is 0 Å². The summed E-state index contributed by atoms with van der Waals surface area (Å²) in [4.78, 5) is 0. The molecule has 0 atom stereocenters. The number of benzene rings is 1. The van der Waals surface area contributed by atoms with Crippen molar-refractivity contribution in [2.75, 3.05) is 13.7 Å². The van der Waals surface area contributed by atoms with Crippen LogP contribution in [0.4, 0.5) is 0 Å². The van der Waals surface area contributed by atoms with Crippen LogP contribution in [0.2, 0.25) is 0 Å². The summed E-state index contributed by atoms with van der Waals surface area (Å²) in [5.74, 6) is 0.858. The lowest BCUT2D eigenvalue weighted by molar-refractivity contribution is 0.414. The minimum absolute atomic E-state index is 0.661. The van der Waals surface area contributed by atoms with E-state index in [1.807, 2.05) is 28.9 Å². The van der Waals surface area contributed by atoms with Crippen molar-refractivity contribution in [1.82, 2.24) is 9.78 Å². The van der Waals surface area contributed by atoms with Gasteiger partial charge in [-0.3, -0.25) is 0 Å². The van der Waals surface area contributed by atoms with Crippen LogP contribution in [-0.2, 0) is 19.3 Å². The Balaban J connectivity index is 2.48. The van der Waals surface area contributed by atoms with Gasteiger partial charge in [0, 0.05) is 5.69 Å². The van der Waals surface area contributed by atoms with Crippen LogP contribution in [0.5, 0.6) is 5.75 Å². The van der Waals surface area contributed by atoms with E-state index in [0.29, 0.717) is 6.54 Å². The minimum Gasteiger partial charge on any atom is -0.497 e. The summed E-state index contributed by atoms with van der Waals surface area (Å²) in [5, 5.41) is 4.76. The van der Waals surface area contributed by atoms with Gasteiger partial charge in [0.2, 0.25) is 0 Å². The highest BCUT2D eigenvalue weighted by Crippen LogP contribution is 2.22. The zero-order valence-corrected chi connectivity index (χ0v) is 12.5. The summed E-state index contributed by atoms with van der Waals surface area (Å²) < 4.78 is 7.25. The lowest BCUT2D eigenvalue weighted by Crippen LogP contribution is -2.07. The van der Waals surface area contributed by atoms with E-state index in [4.69, 9.17) is 15.6 Å². The van der Waals surface area contributed by atoms with Crippen LogP contribution in [-0.4, -0.2) is 23.4 Å². The number of nitrogens with zero attached hydrogens (tertiary/aromatic N) is 2. The topological polar surface area (TPSA) is 53.1 Å². The van der Waals surface area contributed by atoms with Gasteiger partial charge in [-0.05, 0) is 55.6 Å². The van der Waals surface area contributed by atoms with Crippen LogP contribution in [0.25, 0.3) is 5.69 Å². The van der Waals surface area contributed by atoms with Gasteiger partial charge in [0.1, 0.15) is 5.75 Å². The van der Waals surface area contributed by atoms with Crippen molar-refractivity contribution in [2.24, 2.45) is 5.73 Å². The van der Waals surface area contributed by atoms with Crippen molar-refractivity contribution in [1.29, 1.82) is 0 Å². The second kappa shape index (κ2) is 6.57. The Labute approximate surface area is 120 Å². The molecule has 2 rings (SSSR count). The normalized spacial score (nSPS) is 10.8. The van der Waals surface area contributed by atoms with Crippen LogP contribution < -0.4 is 10.5 Å². The molecule has 0 unspecified atom stereocenters. The molecule has 0 radical (unpaired) electrons. The van der Waals surface area contributed by atoms with Crippen molar-refractivity contribution in [3.05, 3.63) is 41.2 Å². The van der Waals surface area contributed by atoms with E-state index in [1.165, 1.54) is 11.3 Å². The maximum Gasteiger partial charge on any atom is 0.119 e. The van der Waals surface area contributed by atoms with E-state index in [1.54, 1.807) is 7.11 Å². The van der Waals surface area contributed by atoms with Crippen molar-refractivity contribution in [2.45, 2.75) is 33.1 Å². The third-order valence-corrected chi connectivity index (χ3v) is 3.55. The minimum atomic E-state index is 0.661. The van der Waals surface area contributed by atoms with Crippen molar-refractivity contribution >= 4 is 0 Å². The van der Waals surface area contributed by atoms with Gasteiger partial charge >= 0.3 is 0 Å². The van der Waals surface area contributed by atoms with Crippen LogP contribution in [0.3, 0.4) is 0 Å². The summed E-state index contributed by atoms with van der Waals surface area (Å²) in [5.41, 5.74) is 10.5. The van der Waals surface area contributed by atoms with Crippen LogP contribution in [0.1, 0.15) is 30.8 Å². The SMILES string of the molecule is CCc1nn(-c2ccc(OC)cc2)c(CC)c1CCN. The number of aryl methyl sites for hydroxylation is 1. The van der Waals surface area contributed by atoms with Crippen molar-refractivity contribution < 1.29 is 4.74 Å². The van der Waals surface area contributed by atoms with E-state index in [9.17, 15) is 0 Å². The van der Waals surface area contributed by atoms with Crippen LogP contribution in [0.15, 0.2) is 24.3 Å². The predicted molar refractivity (Wildman–Crippen MR) is 81.6 cm³/mol. The monoisotopic (exact) mass is 273 g/mol. The van der Waals surface area contributed by atoms with Gasteiger partial charge < -0.3 is 10.5 Å². The molecule has 1 aromatic carbocycles. The number of hydrogen-bond donors (Lipinski definition) is 1. The average molecular weight is 273 g/mol. The molecule has 1 aromatic heterocycles. The largest absolute Gasteiger partial charge is 0.497 e. The van der Waals surface area contributed by atoms with Gasteiger partial charge in [-0.1, -0.05) is 13.8 Å². The van der Waals surface area contributed by atoms with E-state index >= 15 is 0 Å². The smallest absolute Gasteiger partial charge is 0.119 e. The van der Waals surface area contributed by atoms with Gasteiger partial charge in [-0.15, -0.1) is 0 Å². The Hall–Kier alpha value is -1.81. The Morgan fingerprint density at radius 1 is 1.15 bits per heavy atom. The summed E-state index contributed by atoms with van der Waals surface area (Å²) in [6, 6.07) is 8.00. The quantitative estimate of drug-likeness (QED) is 0.880. The van der Waals surface area contributed by atoms with Gasteiger partial charge in [0.25, 0.3) is 0 Å². The zero-order chi connectivity index (χ0) is 14.5. The van der Waals surface area contributed by atoms with E-state index in [0.717, 1.165) is 36.4 Å². The number of aromatic nitrogens is 2. The molecule has 20 heavy (non-hydrogen) atoms. The lowest BCUT2D eigenvalue weighted by atomic mass is 10.1. The Morgan fingerprint density at radius 3 is 2.35 bits per heavy atom. The number of rotatable bonds is 6. The van der Waals surface area contributed by atoms with Gasteiger partial charge in [0.05, 0.1) is 18.5 Å². The maximum absolute atomic E-state index is 5.74. The molecule has 2 N–H and O–H groups in total. The average Bonchev–Trinajstić information content (AvgIpc) is 2.85. The van der Waals surface area contributed by atoms with Crippen molar-refractivity contribution in [3.63, 3.8) is 0 Å². The third-order valence-electron chi connectivity index (χ3n) is 3.55. The zero-order valence-electron chi connectivity index (χ0n) is 12.5. The lowest BCUT2D eigenvalue weighted by Gasteiger charge is -2.08. The first-order valence-electron chi connectivity index (χ1n) is 7.19. The summed E-state index contributed by atoms with van der Waals surface area (Å²) in [6.07, 6.45) is 2.78. The maximum atomic E-state index is 5.74. The molecule has 0 saturated heterocycles. The Bertz CT molecular complexity index is 558. The summed E-state index contributed by atoms with van der Waals surface area (Å²) in [6.45, 7) is 4.96. The summed E-state index contributed by atoms with van der Waals surface area (Å²) in [7, 11) is 1.68. The van der Waals surface area contributed by atoms with Gasteiger partial charge in [0.15, 0.2) is 0 Å². The van der Waals surface area contributed by atoms with Gasteiger partial charge in [-0.2, -0.15) is 5.10 Å². The molecule has 0 bridgehead atoms. The molecule has 4 heteroatoms. The number of methoxy groups -OCH3 is 1. The first-order chi connectivity index (χ1) is 9.74. The molecular formula is C16H23N3O. The fourth-order valence-electron chi connectivity index (χ4n) is 2.55. The van der Waals surface area contributed by atoms with E-state index in [-0.39, 0.29) is 0 Å². The highest BCUT2D eigenvalue weighted by Gasteiger charge is 2.15. The number of nitrogens with two attached hydrogens (primary N) is 1. The van der Waals surface area contributed by atoms with Crippen molar-refractivity contribution in [3.8, 4) is 11.4 Å². The fraction of sp³-hybridized carbons (Fsp3) is 0.438. The summed E-state index contributed by atoms with van der Waals surface area (Å²) >= 11 is 0. The molecule has 0 aliphatic heterocycles. The molecule has 108 valence electrons. The third kappa shape index (κ3) is 2.70. The molecule has 0 amide bonds. The Morgan fingerprint density at radius 2 is 1.85 bits per heavy atom. The fourth-order valence-corrected chi connectivity index (χ4v) is 2.55. The second-order valence-corrected chi connectivity index (χ2v) is 4.73. The van der Waals surface area contributed by atoms with E-state index < -0.39 is 0 Å². The van der Waals surface area contributed by atoms with Crippen LogP contribution in [0, 0.1) is 0 Å². The molecule has 0 aliphatic rings. The molecular weight excluding hydrogens is 250 g/mol. The first kappa shape index (κ1) is 14.6. The second-order valence-electron chi connectivity index (χ2n) is 4.73. The standard InChI is InChI=1S/C16H23N3O/c1-4-15-14(10-11-17)16(5-2)19(18-15)12-6-8-13(20-3)9-7-12/h6-9H,4-5,10-11,17H2,1-3H3. The molecule has 4 nitrogen and oxygen atoms in total. The molecule has 0 spiro atoms. The van der Waals surface area contributed by atoms with E-state index in [2.05, 4.69) is 13.8 Å². The highest BCUT2D eigenvalue weighted by molar-refractivity contribution is 5.41. The molecule has 0 aliphatic carbocycles. The molecule has 1 heterocycles. The van der Waals surface area contributed by atoms with Gasteiger partial charge in [-0.25, -0.2) is 4.68 Å². The molecule has 0 saturated carbocycles. The number of ether oxygens (including phenoxy) is 1. The first-order valence-corrected chi connectivity index (χ1v) is 7.19. The predicted octanol–water partition coefficient (Wildman–Crippen LogP) is 2.51.